The third kappa shape index (κ3) is 52.2. The molecule has 0 saturated heterocycles. The minimum Gasteiger partial charge on any atom is -0.462 e. The molecule has 0 radical (unpaired) electrons. The van der Waals surface area contributed by atoms with E-state index in [0.717, 1.165) is 96.3 Å². The van der Waals surface area contributed by atoms with Crippen molar-refractivity contribution >= 4 is 17.9 Å². The summed E-state index contributed by atoms with van der Waals surface area (Å²) in [5.74, 6) is -0.884. The molecular weight excluding hydrogens is 805 g/mol. The first-order chi connectivity index (χ1) is 32.0. The highest BCUT2D eigenvalue weighted by Crippen LogP contribution is 2.16. The molecule has 0 amide bonds. The van der Waals surface area contributed by atoms with Gasteiger partial charge < -0.3 is 14.2 Å². The van der Waals surface area contributed by atoms with Gasteiger partial charge in [0, 0.05) is 19.3 Å². The Hall–Kier alpha value is -2.63. The first-order valence-electron chi connectivity index (χ1n) is 28.1. The summed E-state index contributed by atoms with van der Waals surface area (Å²) < 4.78 is 16.8. The minimum absolute atomic E-state index is 0.0768. The Bertz CT molecular complexity index is 1140. The van der Waals surface area contributed by atoms with Crippen LogP contribution in [0.1, 0.15) is 290 Å². The van der Waals surface area contributed by atoms with E-state index in [2.05, 4.69) is 69.4 Å². The van der Waals surface area contributed by atoms with Gasteiger partial charge >= 0.3 is 17.9 Å². The molecule has 0 aliphatic heterocycles. The molecule has 0 aromatic heterocycles. The Morgan fingerprint density at radius 2 is 0.585 bits per heavy atom. The van der Waals surface area contributed by atoms with Gasteiger partial charge in [0.15, 0.2) is 6.10 Å². The van der Waals surface area contributed by atoms with E-state index in [0.29, 0.717) is 19.3 Å². The number of unbranched alkanes of at least 4 members (excludes halogenated alkanes) is 32. The first-order valence-corrected chi connectivity index (χ1v) is 28.1. The minimum atomic E-state index is -0.778. The van der Waals surface area contributed by atoms with Gasteiger partial charge in [0.1, 0.15) is 13.2 Å². The Kier molecular flexibility index (Phi) is 51.8. The van der Waals surface area contributed by atoms with E-state index in [-0.39, 0.29) is 31.1 Å². The molecule has 0 aliphatic carbocycles. The number of rotatable bonds is 51. The van der Waals surface area contributed by atoms with Gasteiger partial charge in [-0.3, -0.25) is 14.4 Å². The van der Waals surface area contributed by atoms with Crippen molar-refractivity contribution in [3.63, 3.8) is 0 Å². The van der Waals surface area contributed by atoms with Gasteiger partial charge in [-0.15, -0.1) is 0 Å². The molecule has 0 aromatic carbocycles. The van der Waals surface area contributed by atoms with Crippen LogP contribution in [-0.4, -0.2) is 37.2 Å². The van der Waals surface area contributed by atoms with E-state index < -0.39 is 6.10 Å². The van der Waals surface area contributed by atoms with E-state index in [4.69, 9.17) is 14.2 Å². The molecule has 0 aliphatic rings. The molecule has 0 N–H and O–H groups in total. The molecule has 0 bridgehead atoms. The molecule has 6 heteroatoms. The van der Waals surface area contributed by atoms with Gasteiger partial charge in [-0.25, -0.2) is 0 Å². The topological polar surface area (TPSA) is 78.9 Å². The number of hydrogen-bond donors (Lipinski definition) is 0. The number of carbonyl (C=O) groups is 3. The lowest BCUT2D eigenvalue weighted by Gasteiger charge is -2.18. The highest BCUT2D eigenvalue weighted by molar-refractivity contribution is 5.71. The van der Waals surface area contributed by atoms with Crippen molar-refractivity contribution in [3.05, 3.63) is 48.6 Å². The van der Waals surface area contributed by atoms with Gasteiger partial charge in [-0.05, 0) is 77.0 Å². The summed E-state index contributed by atoms with van der Waals surface area (Å²) in [6, 6.07) is 0. The predicted molar refractivity (Wildman–Crippen MR) is 279 cm³/mol. The van der Waals surface area contributed by atoms with Gasteiger partial charge in [0.2, 0.25) is 0 Å². The lowest BCUT2D eigenvalue weighted by molar-refractivity contribution is -0.167. The maximum absolute atomic E-state index is 12.8. The van der Waals surface area contributed by atoms with Crippen molar-refractivity contribution < 1.29 is 28.6 Å². The maximum Gasteiger partial charge on any atom is 0.306 e. The van der Waals surface area contributed by atoms with Crippen molar-refractivity contribution in [1.82, 2.24) is 0 Å². The fourth-order valence-electron chi connectivity index (χ4n) is 8.04. The highest BCUT2D eigenvalue weighted by atomic mass is 16.6. The lowest BCUT2D eigenvalue weighted by atomic mass is 10.0. The van der Waals surface area contributed by atoms with Crippen LogP contribution >= 0.6 is 0 Å². The second kappa shape index (κ2) is 54.0. The van der Waals surface area contributed by atoms with Crippen LogP contribution in [-0.2, 0) is 28.6 Å². The molecular formula is C59H106O6. The van der Waals surface area contributed by atoms with Gasteiger partial charge in [0.05, 0.1) is 0 Å². The molecule has 1 unspecified atom stereocenters. The van der Waals surface area contributed by atoms with E-state index in [1.165, 1.54) is 154 Å². The first kappa shape index (κ1) is 62.4. The van der Waals surface area contributed by atoms with Crippen LogP contribution in [0.25, 0.3) is 0 Å². The number of esters is 3. The van der Waals surface area contributed by atoms with Crippen molar-refractivity contribution in [2.75, 3.05) is 13.2 Å². The maximum atomic E-state index is 12.8. The molecule has 0 saturated carbocycles. The summed E-state index contributed by atoms with van der Waals surface area (Å²) in [5, 5.41) is 0. The zero-order valence-electron chi connectivity index (χ0n) is 43.3. The smallest absolute Gasteiger partial charge is 0.306 e. The van der Waals surface area contributed by atoms with Crippen molar-refractivity contribution in [1.29, 1.82) is 0 Å². The fraction of sp³-hybridized carbons (Fsp3) is 0.814. The largest absolute Gasteiger partial charge is 0.462 e. The van der Waals surface area contributed by atoms with Crippen LogP contribution in [0.3, 0.4) is 0 Å². The van der Waals surface area contributed by atoms with Gasteiger partial charge in [-0.1, -0.05) is 243 Å². The summed E-state index contributed by atoms with van der Waals surface area (Å²) in [6.07, 6.45) is 65.3. The van der Waals surface area contributed by atoms with Crippen LogP contribution in [0.4, 0.5) is 0 Å². The number of hydrogen-bond acceptors (Lipinski definition) is 6. The number of ether oxygens (including phenoxy) is 3. The third-order valence-electron chi connectivity index (χ3n) is 12.3. The van der Waals surface area contributed by atoms with E-state index in [9.17, 15) is 14.4 Å². The van der Waals surface area contributed by atoms with E-state index in [1.54, 1.807) is 0 Å². The average Bonchev–Trinajstić information content (AvgIpc) is 3.30. The zero-order valence-corrected chi connectivity index (χ0v) is 43.3. The molecule has 0 heterocycles. The van der Waals surface area contributed by atoms with Crippen LogP contribution in [0.5, 0.6) is 0 Å². The Labute approximate surface area is 403 Å². The standard InChI is InChI=1S/C59H106O6/c1-4-7-10-13-16-19-22-24-25-26-27-28-29-30-31-32-33-35-37-40-43-46-49-52-58(61)64-55-56(54-63-57(60)51-48-45-42-39-36-21-18-15-12-9-6-3)65-59(62)53-50-47-44-41-38-34-23-20-17-14-11-8-5-2/h11,14,20,22-24,26-27,56H,4-10,12-13,15-19,21,25,28-55H2,1-3H3/b14-11-,23-20-,24-22-,27-26-. The van der Waals surface area contributed by atoms with Crippen molar-refractivity contribution in [2.24, 2.45) is 0 Å². The molecule has 65 heavy (non-hydrogen) atoms. The summed E-state index contributed by atoms with van der Waals surface area (Å²) in [6.45, 7) is 6.57. The second-order valence-electron chi connectivity index (χ2n) is 18.8. The second-order valence-corrected chi connectivity index (χ2v) is 18.8. The van der Waals surface area contributed by atoms with Gasteiger partial charge in [-0.2, -0.15) is 0 Å². The Morgan fingerprint density at radius 3 is 0.908 bits per heavy atom. The van der Waals surface area contributed by atoms with Crippen LogP contribution < -0.4 is 0 Å². The van der Waals surface area contributed by atoms with Crippen molar-refractivity contribution in [3.8, 4) is 0 Å². The molecule has 0 spiro atoms. The average molecular weight is 911 g/mol. The third-order valence-corrected chi connectivity index (χ3v) is 12.3. The van der Waals surface area contributed by atoms with Gasteiger partial charge in [0.25, 0.3) is 0 Å². The van der Waals surface area contributed by atoms with E-state index in [1.807, 2.05) is 0 Å². The molecule has 1 atom stereocenters. The molecule has 378 valence electrons. The summed E-state index contributed by atoms with van der Waals surface area (Å²) in [4.78, 5) is 38.0. The van der Waals surface area contributed by atoms with Crippen molar-refractivity contribution in [2.45, 2.75) is 297 Å². The monoisotopic (exact) mass is 911 g/mol. The summed E-state index contributed by atoms with van der Waals surface area (Å²) in [7, 11) is 0. The molecule has 0 rings (SSSR count). The fourth-order valence-corrected chi connectivity index (χ4v) is 8.04. The Morgan fingerprint density at radius 1 is 0.308 bits per heavy atom. The molecule has 0 aromatic rings. The molecule has 0 fully saturated rings. The Balaban J connectivity index is 4.25. The van der Waals surface area contributed by atoms with Crippen LogP contribution in [0, 0.1) is 0 Å². The SMILES string of the molecule is CCC/C=C\C/C=C\CCCCCCCC(=O)OC(COC(=O)CCCCCCCCCCCCC)COC(=O)CCCCCCCCCCCCC/C=C\C/C=C\CCCCCCC. The number of allylic oxidation sites excluding steroid dienone is 8. The summed E-state index contributed by atoms with van der Waals surface area (Å²) in [5.41, 5.74) is 0. The molecule has 6 nitrogen and oxygen atoms in total. The quantitative estimate of drug-likeness (QED) is 0.0262. The zero-order chi connectivity index (χ0) is 47.2. The number of carbonyl (C=O) groups excluding carboxylic acids is 3. The predicted octanol–water partition coefficient (Wildman–Crippen LogP) is 18.7. The van der Waals surface area contributed by atoms with Crippen LogP contribution in [0.2, 0.25) is 0 Å². The lowest BCUT2D eigenvalue weighted by Crippen LogP contribution is -2.30. The normalized spacial score (nSPS) is 12.4. The highest BCUT2D eigenvalue weighted by Gasteiger charge is 2.19. The van der Waals surface area contributed by atoms with Crippen LogP contribution in [0.15, 0.2) is 48.6 Å². The summed E-state index contributed by atoms with van der Waals surface area (Å²) >= 11 is 0. The van der Waals surface area contributed by atoms with E-state index >= 15 is 0 Å².